The number of fused-ring (bicyclic) bond motifs is 1. The average Bonchev–Trinajstić information content (AvgIpc) is 2.93. The van der Waals surface area contributed by atoms with Gasteiger partial charge in [-0.05, 0) is 29.3 Å². The lowest BCUT2D eigenvalue weighted by atomic mass is 10.1. The number of nitro groups is 1. The third kappa shape index (κ3) is 2.74. The van der Waals surface area contributed by atoms with Crippen LogP contribution in [0.3, 0.4) is 0 Å². The predicted octanol–water partition coefficient (Wildman–Crippen LogP) is 2.85. The Bertz CT molecular complexity index is 700. The van der Waals surface area contributed by atoms with Crippen molar-refractivity contribution >= 4 is 11.4 Å². The number of ether oxygens (including phenoxy) is 1. The van der Waals surface area contributed by atoms with Gasteiger partial charge in [0.05, 0.1) is 17.6 Å². The summed E-state index contributed by atoms with van der Waals surface area (Å²) in [6.45, 7) is 1.18. The highest BCUT2D eigenvalue weighted by molar-refractivity contribution is 5.63. The fourth-order valence-corrected chi connectivity index (χ4v) is 2.37. The Morgan fingerprint density at radius 1 is 1.29 bits per heavy atom. The van der Waals surface area contributed by atoms with Crippen molar-refractivity contribution in [2.24, 2.45) is 0 Å². The maximum atomic E-state index is 11.0. The normalized spacial score (nSPS) is 12.6. The molecule has 2 N–H and O–H groups in total. The van der Waals surface area contributed by atoms with Crippen LogP contribution in [0.5, 0.6) is 11.5 Å². The van der Waals surface area contributed by atoms with E-state index in [-0.39, 0.29) is 11.4 Å². The van der Waals surface area contributed by atoms with Gasteiger partial charge in [-0.1, -0.05) is 12.1 Å². The van der Waals surface area contributed by atoms with Crippen LogP contribution in [0.4, 0.5) is 11.4 Å². The van der Waals surface area contributed by atoms with E-state index in [1.54, 1.807) is 0 Å². The van der Waals surface area contributed by atoms with Crippen molar-refractivity contribution in [1.29, 1.82) is 0 Å². The molecular formula is C15H14N2O4. The van der Waals surface area contributed by atoms with Crippen LogP contribution in [0.2, 0.25) is 0 Å². The number of hydrogen-bond acceptors (Lipinski definition) is 5. The number of aromatic hydroxyl groups is 1. The molecule has 1 heterocycles. The summed E-state index contributed by atoms with van der Waals surface area (Å²) in [4.78, 5) is 10.5. The second kappa shape index (κ2) is 5.32. The second-order valence-corrected chi connectivity index (χ2v) is 4.85. The topological polar surface area (TPSA) is 84.6 Å². The van der Waals surface area contributed by atoms with Crippen molar-refractivity contribution < 1.29 is 14.8 Å². The molecule has 3 rings (SSSR count). The summed E-state index contributed by atoms with van der Waals surface area (Å²) >= 11 is 0. The van der Waals surface area contributed by atoms with E-state index in [0.29, 0.717) is 18.8 Å². The van der Waals surface area contributed by atoms with Gasteiger partial charge in [0.2, 0.25) is 0 Å². The standard InChI is InChI=1S/C15H14N2O4/c18-12-2-3-13(14(8-12)17(19)20)16-9-10-1-4-15-11(7-10)5-6-21-15/h1-4,7-8,16,18H,5-6,9H2. The third-order valence-electron chi connectivity index (χ3n) is 3.41. The highest BCUT2D eigenvalue weighted by Gasteiger charge is 2.15. The second-order valence-electron chi connectivity index (χ2n) is 4.85. The van der Waals surface area contributed by atoms with Crippen LogP contribution in [0.25, 0.3) is 0 Å². The number of nitro benzene ring substituents is 1. The number of nitrogens with one attached hydrogen (secondary N) is 1. The molecule has 0 aromatic heterocycles. The molecule has 2 aromatic rings. The molecule has 0 spiro atoms. The first-order chi connectivity index (χ1) is 10.1. The van der Waals surface area contributed by atoms with Crippen LogP contribution in [0, 0.1) is 10.1 Å². The largest absolute Gasteiger partial charge is 0.508 e. The SMILES string of the molecule is O=[N+]([O-])c1cc(O)ccc1NCc1ccc2c(c1)CCO2. The van der Waals surface area contributed by atoms with Gasteiger partial charge in [-0.2, -0.15) is 0 Å². The van der Waals surface area contributed by atoms with Crippen LogP contribution in [-0.4, -0.2) is 16.6 Å². The Morgan fingerprint density at radius 2 is 2.14 bits per heavy atom. The van der Waals surface area contributed by atoms with E-state index in [9.17, 15) is 15.2 Å². The maximum Gasteiger partial charge on any atom is 0.296 e. The Labute approximate surface area is 121 Å². The molecule has 0 saturated heterocycles. The van der Waals surface area contributed by atoms with Gasteiger partial charge >= 0.3 is 0 Å². The quantitative estimate of drug-likeness (QED) is 0.513. The predicted molar refractivity (Wildman–Crippen MR) is 77.7 cm³/mol. The lowest BCUT2D eigenvalue weighted by Crippen LogP contribution is -2.02. The van der Waals surface area contributed by atoms with Gasteiger partial charge in [0.1, 0.15) is 17.2 Å². The number of rotatable bonds is 4. The summed E-state index contributed by atoms with van der Waals surface area (Å²) in [6, 6.07) is 9.96. The molecule has 0 atom stereocenters. The monoisotopic (exact) mass is 286 g/mol. The molecule has 1 aliphatic heterocycles. The number of phenolic OH excluding ortho intramolecular Hbond substituents is 1. The lowest BCUT2D eigenvalue weighted by molar-refractivity contribution is -0.384. The molecule has 0 radical (unpaired) electrons. The van der Waals surface area contributed by atoms with Gasteiger partial charge in [0.25, 0.3) is 5.69 Å². The minimum Gasteiger partial charge on any atom is -0.508 e. The number of benzene rings is 2. The van der Waals surface area contributed by atoms with Gasteiger partial charge < -0.3 is 15.2 Å². The molecule has 0 aliphatic carbocycles. The number of phenols is 1. The number of nitrogens with zero attached hydrogens (tertiary/aromatic N) is 1. The van der Waals surface area contributed by atoms with E-state index in [0.717, 1.165) is 29.4 Å². The van der Waals surface area contributed by atoms with Crippen molar-refractivity contribution in [1.82, 2.24) is 0 Å². The first-order valence-corrected chi connectivity index (χ1v) is 6.59. The first kappa shape index (κ1) is 13.2. The summed E-state index contributed by atoms with van der Waals surface area (Å²) in [5, 5.41) is 23.3. The molecule has 6 heteroatoms. The number of anilines is 1. The van der Waals surface area contributed by atoms with Gasteiger partial charge in [0, 0.05) is 13.0 Å². The molecule has 21 heavy (non-hydrogen) atoms. The first-order valence-electron chi connectivity index (χ1n) is 6.59. The van der Waals surface area contributed by atoms with Gasteiger partial charge in [-0.15, -0.1) is 0 Å². The Balaban J connectivity index is 1.77. The summed E-state index contributed by atoms with van der Waals surface area (Å²) in [6.07, 6.45) is 0.891. The van der Waals surface area contributed by atoms with Gasteiger partial charge in [0.15, 0.2) is 0 Å². The van der Waals surface area contributed by atoms with Gasteiger partial charge in [-0.25, -0.2) is 0 Å². The van der Waals surface area contributed by atoms with Crippen LogP contribution >= 0.6 is 0 Å². The van der Waals surface area contributed by atoms with E-state index in [4.69, 9.17) is 4.74 Å². The van der Waals surface area contributed by atoms with E-state index >= 15 is 0 Å². The summed E-state index contributed by atoms with van der Waals surface area (Å²) < 4.78 is 5.44. The zero-order valence-electron chi connectivity index (χ0n) is 11.2. The van der Waals surface area contributed by atoms with E-state index < -0.39 is 4.92 Å². The minimum atomic E-state index is -0.515. The van der Waals surface area contributed by atoms with Crippen LogP contribution in [-0.2, 0) is 13.0 Å². The fraction of sp³-hybridized carbons (Fsp3) is 0.200. The van der Waals surface area contributed by atoms with E-state index in [2.05, 4.69) is 5.32 Å². The molecule has 108 valence electrons. The van der Waals surface area contributed by atoms with Crippen LogP contribution in [0.1, 0.15) is 11.1 Å². The molecule has 0 bridgehead atoms. The smallest absolute Gasteiger partial charge is 0.296 e. The third-order valence-corrected chi connectivity index (χ3v) is 3.41. The van der Waals surface area contributed by atoms with Crippen molar-refractivity contribution in [3.63, 3.8) is 0 Å². The molecule has 6 nitrogen and oxygen atoms in total. The highest BCUT2D eigenvalue weighted by atomic mass is 16.6. The molecule has 0 amide bonds. The number of hydrogen-bond donors (Lipinski definition) is 2. The van der Waals surface area contributed by atoms with Crippen molar-refractivity contribution in [3.05, 3.63) is 57.6 Å². The van der Waals surface area contributed by atoms with Crippen molar-refractivity contribution in [2.45, 2.75) is 13.0 Å². The zero-order valence-corrected chi connectivity index (χ0v) is 11.2. The van der Waals surface area contributed by atoms with Gasteiger partial charge in [-0.3, -0.25) is 10.1 Å². The van der Waals surface area contributed by atoms with E-state index in [1.807, 2.05) is 18.2 Å². The lowest BCUT2D eigenvalue weighted by Gasteiger charge is -2.08. The maximum absolute atomic E-state index is 11.0. The Kier molecular flexibility index (Phi) is 3.35. The molecule has 2 aromatic carbocycles. The minimum absolute atomic E-state index is 0.123. The Hall–Kier alpha value is -2.76. The molecule has 0 saturated carbocycles. The fourth-order valence-electron chi connectivity index (χ4n) is 2.37. The summed E-state index contributed by atoms with van der Waals surface area (Å²) in [5.74, 6) is 0.788. The summed E-state index contributed by atoms with van der Waals surface area (Å²) in [7, 11) is 0. The van der Waals surface area contributed by atoms with Crippen molar-refractivity contribution in [2.75, 3.05) is 11.9 Å². The Morgan fingerprint density at radius 3 is 2.95 bits per heavy atom. The summed E-state index contributed by atoms with van der Waals surface area (Å²) in [5.41, 5.74) is 2.44. The van der Waals surface area contributed by atoms with Crippen molar-refractivity contribution in [3.8, 4) is 11.5 Å². The molecule has 1 aliphatic rings. The van der Waals surface area contributed by atoms with Crippen LogP contribution < -0.4 is 10.1 Å². The van der Waals surface area contributed by atoms with E-state index in [1.165, 1.54) is 12.1 Å². The zero-order chi connectivity index (χ0) is 14.8. The highest BCUT2D eigenvalue weighted by Crippen LogP contribution is 2.30. The average molecular weight is 286 g/mol. The van der Waals surface area contributed by atoms with Crippen LogP contribution in [0.15, 0.2) is 36.4 Å². The molecular weight excluding hydrogens is 272 g/mol. The molecule has 0 fully saturated rings. The molecule has 0 unspecified atom stereocenters.